The molecule has 0 fully saturated rings. The Kier molecular flexibility index (Phi) is 4.83. The molecule has 1 aromatic carbocycles. The van der Waals surface area contributed by atoms with Crippen LogP contribution in [-0.4, -0.2) is 15.5 Å². The van der Waals surface area contributed by atoms with E-state index in [1.165, 1.54) is 45.7 Å². The van der Waals surface area contributed by atoms with E-state index in [-0.39, 0.29) is 23.8 Å². The van der Waals surface area contributed by atoms with Crippen LogP contribution in [0.15, 0.2) is 64.3 Å². The molecule has 136 valence electrons. The number of hydrogen-bond acceptors (Lipinski definition) is 5. The van der Waals surface area contributed by atoms with Gasteiger partial charge >= 0.3 is 0 Å². The second-order valence-electron chi connectivity index (χ2n) is 5.88. The molecule has 0 unspecified atom stereocenters. The highest BCUT2D eigenvalue weighted by Crippen LogP contribution is 2.26. The third kappa shape index (κ3) is 3.67. The second-order valence-corrected chi connectivity index (χ2v) is 7.76. The van der Waals surface area contributed by atoms with Crippen LogP contribution in [0.5, 0.6) is 0 Å². The fourth-order valence-electron chi connectivity index (χ4n) is 2.80. The average molecular weight is 399 g/mol. The number of nitrogens with zero attached hydrogens (tertiary/aromatic N) is 2. The molecule has 1 N–H and O–H groups in total. The normalized spacial score (nSPS) is 12.2. The van der Waals surface area contributed by atoms with Crippen molar-refractivity contribution in [3.63, 3.8) is 0 Å². The zero-order valence-corrected chi connectivity index (χ0v) is 15.6. The molecule has 3 heterocycles. The molecule has 1 atom stereocenters. The van der Waals surface area contributed by atoms with Gasteiger partial charge in [0, 0.05) is 4.88 Å². The number of thiophene rings is 2. The number of fused-ring (bicyclic) bond motifs is 1. The summed E-state index contributed by atoms with van der Waals surface area (Å²) in [6.45, 7) is -0.138. The van der Waals surface area contributed by atoms with Gasteiger partial charge < -0.3 is 5.32 Å². The van der Waals surface area contributed by atoms with Gasteiger partial charge in [-0.3, -0.25) is 14.2 Å². The average Bonchev–Trinajstić information content (AvgIpc) is 3.35. The molecule has 5 nitrogen and oxygen atoms in total. The lowest BCUT2D eigenvalue weighted by Crippen LogP contribution is -2.35. The van der Waals surface area contributed by atoms with Crippen LogP contribution < -0.4 is 10.9 Å². The monoisotopic (exact) mass is 399 g/mol. The predicted molar refractivity (Wildman–Crippen MR) is 105 cm³/mol. The third-order valence-electron chi connectivity index (χ3n) is 4.10. The highest BCUT2D eigenvalue weighted by atomic mass is 32.1. The molecule has 0 aliphatic rings. The van der Waals surface area contributed by atoms with Gasteiger partial charge in [-0.05, 0) is 40.6 Å². The SMILES string of the molecule is O=C(Cn1cnc2sccc2c1=O)N[C@@H](c1ccc(F)cc1)c1cccs1. The van der Waals surface area contributed by atoms with E-state index in [4.69, 9.17) is 0 Å². The summed E-state index contributed by atoms with van der Waals surface area (Å²) >= 11 is 2.88. The Morgan fingerprint density at radius 3 is 2.70 bits per heavy atom. The summed E-state index contributed by atoms with van der Waals surface area (Å²) in [6.07, 6.45) is 1.39. The molecule has 0 saturated heterocycles. The number of amides is 1. The van der Waals surface area contributed by atoms with Crippen molar-refractivity contribution in [3.05, 3.63) is 86.2 Å². The van der Waals surface area contributed by atoms with E-state index in [1.54, 1.807) is 23.6 Å². The molecular formula is C19H14FN3O2S2. The molecule has 4 aromatic rings. The van der Waals surface area contributed by atoms with Crippen LogP contribution in [0, 0.1) is 5.82 Å². The van der Waals surface area contributed by atoms with Gasteiger partial charge in [0.15, 0.2) is 0 Å². The smallest absolute Gasteiger partial charge is 0.262 e. The van der Waals surface area contributed by atoms with E-state index in [0.29, 0.717) is 10.2 Å². The lowest BCUT2D eigenvalue weighted by atomic mass is 10.1. The maximum atomic E-state index is 13.3. The topological polar surface area (TPSA) is 64.0 Å². The van der Waals surface area contributed by atoms with Gasteiger partial charge in [0.05, 0.1) is 17.8 Å². The number of aromatic nitrogens is 2. The maximum absolute atomic E-state index is 13.3. The van der Waals surface area contributed by atoms with Crippen LogP contribution in [0.2, 0.25) is 0 Å². The third-order valence-corrected chi connectivity index (χ3v) is 5.86. The minimum Gasteiger partial charge on any atom is -0.343 e. The minimum atomic E-state index is -0.411. The first-order valence-corrected chi connectivity index (χ1v) is 9.88. The van der Waals surface area contributed by atoms with E-state index in [2.05, 4.69) is 10.3 Å². The zero-order chi connectivity index (χ0) is 18.8. The highest BCUT2D eigenvalue weighted by molar-refractivity contribution is 7.16. The Bertz CT molecular complexity index is 1130. The fraction of sp³-hybridized carbons (Fsp3) is 0.105. The van der Waals surface area contributed by atoms with Gasteiger partial charge in [0.1, 0.15) is 17.2 Å². The number of nitrogens with one attached hydrogen (secondary N) is 1. The second kappa shape index (κ2) is 7.42. The van der Waals surface area contributed by atoms with Crippen LogP contribution in [-0.2, 0) is 11.3 Å². The van der Waals surface area contributed by atoms with E-state index < -0.39 is 6.04 Å². The lowest BCUT2D eigenvalue weighted by molar-refractivity contribution is -0.122. The van der Waals surface area contributed by atoms with Crippen molar-refractivity contribution in [1.82, 2.24) is 14.9 Å². The van der Waals surface area contributed by atoms with Gasteiger partial charge in [0.2, 0.25) is 5.91 Å². The van der Waals surface area contributed by atoms with Crippen molar-refractivity contribution >= 4 is 38.8 Å². The Balaban J connectivity index is 1.59. The van der Waals surface area contributed by atoms with Crippen molar-refractivity contribution in [2.45, 2.75) is 12.6 Å². The zero-order valence-electron chi connectivity index (χ0n) is 14.0. The number of carbonyl (C=O) groups is 1. The summed E-state index contributed by atoms with van der Waals surface area (Å²) in [5, 5.41) is 7.15. The summed E-state index contributed by atoms with van der Waals surface area (Å²) in [7, 11) is 0. The van der Waals surface area contributed by atoms with E-state index in [0.717, 1.165) is 10.4 Å². The molecule has 0 saturated carbocycles. The number of halogens is 1. The summed E-state index contributed by atoms with van der Waals surface area (Å²) < 4.78 is 14.6. The Morgan fingerprint density at radius 2 is 1.96 bits per heavy atom. The first kappa shape index (κ1) is 17.6. The van der Waals surface area contributed by atoms with Gasteiger partial charge in [-0.25, -0.2) is 9.37 Å². The number of carbonyl (C=O) groups excluding carboxylic acids is 1. The van der Waals surface area contributed by atoms with Crippen molar-refractivity contribution in [1.29, 1.82) is 0 Å². The summed E-state index contributed by atoms with van der Waals surface area (Å²) in [4.78, 5) is 30.9. The van der Waals surface area contributed by atoms with Crippen LogP contribution in [0.25, 0.3) is 10.2 Å². The Labute approximate surface area is 161 Å². The van der Waals surface area contributed by atoms with Crippen molar-refractivity contribution in [3.8, 4) is 0 Å². The summed E-state index contributed by atoms with van der Waals surface area (Å²) in [6, 6.07) is 11.1. The van der Waals surface area contributed by atoms with Gasteiger partial charge in [-0.2, -0.15) is 0 Å². The first-order valence-electron chi connectivity index (χ1n) is 8.13. The molecular weight excluding hydrogens is 385 g/mol. The number of rotatable bonds is 5. The standard InChI is InChI=1S/C19H14FN3O2S2/c20-13-5-3-12(4-6-13)17(15-2-1-8-26-15)22-16(24)10-23-11-21-18-14(19(23)25)7-9-27-18/h1-9,11,17H,10H2,(H,22,24)/t17-/m0/s1. The summed E-state index contributed by atoms with van der Waals surface area (Å²) in [5.41, 5.74) is 0.525. The molecule has 0 aliphatic carbocycles. The molecule has 1 amide bonds. The Morgan fingerprint density at radius 1 is 1.15 bits per heavy atom. The largest absolute Gasteiger partial charge is 0.343 e. The molecule has 0 bridgehead atoms. The van der Waals surface area contributed by atoms with Crippen LogP contribution in [0.1, 0.15) is 16.5 Å². The minimum absolute atomic E-state index is 0.138. The lowest BCUT2D eigenvalue weighted by Gasteiger charge is -2.18. The van der Waals surface area contributed by atoms with Crippen LogP contribution in [0.3, 0.4) is 0 Å². The van der Waals surface area contributed by atoms with E-state index in [9.17, 15) is 14.0 Å². The summed E-state index contributed by atoms with van der Waals surface area (Å²) in [5.74, 6) is -0.659. The molecule has 0 spiro atoms. The van der Waals surface area contributed by atoms with Crippen molar-refractivity contribution in [2.24, 2.45) is 0 Å². The quantitative estimate of drug-likeness (QED) is 0.558. The Hall–Kier alpha value is -2.84. The molecule has 4 rings (SSSR count). The fourth-order valence-corrected chi connectivity index (χ4v) is 4.32. The van der Waals surface area contributed by atoms with E-state index in [1.807, 2.05) is 17.5 Å². The van der Waals surface area contributed by atoms with Gasteiger partial charge in [-0.15, -0.1) is 22.7 Å². The number of hydrogen-bond donors (Lipinski definition) is 1. The molecule has 0 aliphatic heterocycles. The molecule has 27 heavy (non-hydrogen) atoms. The molecule has 0 radical (unpaired) electrons. The van der Waals surface area contributed by atoms with Crippen LogP contribution >= 0.6 is 22.7 Å². The van der Waals surface area contributed by atoms with Gasteiger partial charge in [-0.1, -0.05) is 18.2 Å². The highest BCUT2D eigenvalue weighted by Gasteiger charge is 2.19. The van der Waals surface area contributed by atoms with Crippen molar-refractivity contribution in [2.75, 3.05) is 0 Å². The predicted octanol–water partition coefficient (Wildman–Crippen LogP) is 3.56. The number of benzene rings is 1. The van der Waals surface area contributed by atoms with Gasteiger partial charge in [0.25, 0.3) is 5.56 Å². The van der Waals surface area contributed by atoms with Crippen LogP contribution in [0.4, 0.5) is 4.39 Å². The van der Waals surface area contributed by atoms with E-state index >= 15 is 0 Å². The molecule has 8 heteroatoms. The first-order chi connectivity index (χ1) is 13.1. The maximum Gasteiger partial charge on any atom is 0.262 e. The van der Waals surface area contributed by atoms with Crippen molar-refractivity contribution < 1.29 is 9.18 Å². The molecule has 3 aromatic heterocycles.